The predicted octanol–water partition coefficient (Wildman–Crippen LogP) is 8.09. The van der Waals surface area contributed by atoms with Crippen LogP contribution in [0.2, 0.25) is 0 Å². The van der Waals surface area contributed by atoms with Crippen LogP contribution >= 0.6 is 22.6 Å². The highest BCUT2D eigenvalue weighted by Gasteiger charge is 2.22. The maximum Gasteiger partial charge on any atom is 0.143 e. The van der Waals surface area contributed by atoms with Crippen molar-refractivity contribution in [2.45, 2.75) is 63.9 Å². The molecule has 2 fully saturated rings. The minimum atomic E-state index is -0.257. The first-order chi connectivity index (χ1) is 23.1. The van der Waals surface area contributed by atoms with E-state index in [2.05, 4.69) is 44.5 Å². The first-order valence-corrected chi connectivity index (χ1v) is 18.5. The van der Waals surface area contributed by atoms with Gasteiger partial charge in [-0.25, -0.2) is 0 Å². The second-order valence-corrected chi connectivity index (χ2v) is 13.9. The molecule has 3 aliphatic rings. The van der Waals surface area contributed by atoms with Gasteiger partial charge in [0.2, 0.25) is 0 Å². The van der Waals surface area contributed by atoms with Gasteiger partial charge in [-0.1, -0.05) is 37.8 Å². The number of rotatable bonds is 11. The number of ether oxygens (including phenoxy) is 3. The molecule has 0 aromatic heterocycles. The number of hydrogen-bond acceptors (Lipinski definition) is 7. The highest BCUT2D eigenvalue weighted by molar-refractivity contribution is 14.1. The summed E-state index contributed by atoms with van der Waals surface area (Å²) in [6.45, 7) is 8.47. The van der Waals surface area contributed by atoms with Crippen LogP contribution in [0.15, 0.2) is 72.8 Å². The molecule has 3 aromatic carbocycles. The normalized spacial score (nSPS) is 18.8. The number of phenolic OH excluding ortho intramolecular Hbond substituents is 1. The Bertz CT molecular complexity index is 1370. The smallest absolute Gasteiger partial charge is 0.143 e. The van der Waals surface area contributed by atoms with Gasteiger partial charge in [-0.15, -0.1) is 0 Å². The highest BCUT2D eigenvalue weighted by Crippen LogP contribution is 2.40. The minimum Gasteiger partial charge on any atom is -0.508 e. The fraction of sp³-hybridized carbons (Fsp3) is 0.487. The second kappa shape index (κ2) is 19.3. The molecular formula is C39H51IN2O5. The van der Waals surface area contributed by atoms with Gasteiger partial charge in [0.05, 0.1) is 0 Å². The molecule has 3 aliphatic heterocycles. The molecule has 0 radical (unpaired) electrons. The number of halogens is 1. The van der Waals surface area contributed by atoms with E-state index in [4.69, 9.17) is 14.2 Å². The first kappa shape index (κ1) is 35.5. The summed E-state index contributed by atoms with van der Waals surface area (Å²) in [5.41, 5.74) is 2.97. The molecule has 47 heavy (non-hydrogen) atoms. The van der Waals surface area contributed by atoms with Crippen LogP contribution in [0.4, 0.5) is 0 Å². The summed E-state index contributed by atoms with van der Waals surface area (Å²) in [5, 5.41) is 19.3. The van der Waals surface area contributed by atoms with Gasteiger partial charge in [0.15, 0.2) is 0 Å². The predicted molar refractivity (Wildman–Crippen MR) is 198 cm³/mol. The molecule has 0 aliphatic carbocycles. The third kappa shape index (κ3) is 11.7. The molecule has 1 unspecified atom stereocenters. The van der Waals surface area contributed by atoms with E-state index in [0.29, 0.717) is 18.8 Å². The second-order valence-electron chi connectivity index (χ2n) is 12.6. The van der Waals surface area contributed by atoms with Crippen LogP contribution in [0.5, 0.6) is 23.0 Å². The van der Waals surface area contributed by atoms with Crippen LogP contribution in [-0.2, 0) is 0 Å². The van der Waals surface area contributed by atoms with Crippen LogP contribution in [0.1, 0.15) is 75.0 Å². The maximum absolute atomic E-state index is 9.82. The van der Waals surface area contributed by atoms with Gasteiger partial charge in [-0.3, -0.25) is 9.80 Å². The number of likely N-dealkylation sites (tertiary alicyclic amines) is 2. The third-order valence-electron chi connectivity index (χ3n) is 9.07. The monoisotopic (exact) mass is 754 g/mol. The largest absolute Gasteiger partial charge is 0.508 e. The average Bonchev–Trinajstić information content (AvgIpc) is 3.52. The summed E-state index contributed by atoms with van der Waals surface area (Å²) >= 11 is 2.31. The molecule has 0 saturated carbocycles. The van der Waals surface area contributed by atoms with Gasteiger partial charge in [0.1, 0.15) is 42.3 Å². The van der Waals surface area contributed by atoms with Crippen molar-refractivity contribution in [1.82, 2.24) is 9.80 Å². The van der Waals surface area contributed by atoms with Gasteiger partial charge in [0, 0.05) is 34.9 Å². The van der Waals surface area contributed by atoms with Gasteiger partial charge >= 0.3 is 0 Å². The van der Waals surface area contributed by atoms with Crippen LogP contribution in [-0.4, -0.2) is 79.1 Å². The highest BCUT2D eigenvalue weighted by atomic mass is 127. The summed E-state index contributed by atoms with van der Waals surface area (Å²) in [6.07, 6.45) is 13.1. The molecule has 6 rings (SSSR count). The maximum atomic E-state index is 9.82. The van der Waals surface area contributed by atoms with Crippen molar-refractivity contribution in [2.24, 2.45) is 0 Å². The van der Waals surface area contributed by atoms with Crippen LogP contribution in [0, 0.1) is 3.57 Å². The SMILES string of the molecule is Ic1ccc(OCCN2CCCCCC2)cc1.OCCC1=CC(c2ccc(OCCN3CCCCCC3)cc2)Oc2cc(O)ccc21. The Morgan fingerprint density at radius 2 is 1.23 bits per heavy atom. The molecule has 8 heteroatoms. The molecular weight excluding hydrogens is 703 g/mol. The molecule has 1 atom stereocenters. The molecule has 3 aromatic rings. The summed E-state index contributed by atoms with van der Waals surface area (Å²) < 4.78 is 19.1. The lowest BCUT2D eigenvalue weighted by molar-refractivity contribution is 0.213. The standard InChI is InChI=1S/C25H31NO4.C14H20INO/c27-15-11-20-17-24(30-25-18-21(28)7-10-23(20)25)19-5-8-22(9-6-19)29-16-14-26-12-3-1-2-4-13-26;15-13-5-7-14(8-6-13)17-12-11-16-9-3-1-2-4-10-16/h5-10,17-18,24,27-28H,1-4,11-16H2;5-8H,1-4,9-12H2. The van der Waals surface area contributed by atoms with E-state index in [0.717, 1.165) is 47.9 Å². The number of nitrogens with zero attached hydrogens (tertiary/aromatic N) is 2. The van der Waals surface area contributed by atoms with E-state index < -0.39 is 0 Å². The summed E-state index contributed by atoms with van der Waals surface area (Å²) in [5.74, 6) is 2.66. The van der Waals surface area contributed by atoms with Gasteiger partial charge in [0.25, 0.3) is 0 Å². The molecule has 3 heterocycles. The average molecular weight is 755 g/mol. The number of phenols is 1. The summed E-state index contributed by atoms with van der Waals surface area (Å²) in [7, 11) is 0. The molecule has 0 spiro atoms. The van der Waals surface area contributed by atoms with Crippen molar-refractivity contribution in [3.05, 3.63) is 87.5 Å². The van der Waals surface area contributed by atoms with Crippen molar-refractivity contribution in [3.63, 3.8) is 0 Å². The fourth-order valence-corrected chi connectivity index (χ4v) is 6.77. The van der Waals surface area contributed by atoms with Crippen LogP contribution in [0.25, 0.3) is 5.57 Å². The fourth-order valence-electron chi connectivity index (χ4n) is 6.41. The third-order valence-corrected chi connectivity index (χ3v) is 9.79. The number of aromatic hydroxyl groups is 1. The Labute approximate surface area is 294 Å². The number of aliphatic hydroxyl groups is 1. The number of benzene rings is 3. The van der Waals surface area contributed by atoms with Crippen molar-refractivity contribution < 1.29 is 24.4 Å². The van der Waals surface area contributed by atoms with Crippen molar-refractivity contribution >= 4 is 28.2 Å². The molecule has 7 nitrogen and oxygen atoms in total. The van der Waals surface area contributed by atoms with E-state index in [9.17, 15) is 10.2 Å². The molecule has 2 saturated heterocycles. The van der Waals surface area contributed by atoms with Gasteiger partial charge in [-0.2, -0.15) is 0 Å². The number of fused-ring (bicyclic) bond motifs is 1. The van der Waals surface area contributed by atoms with E-state index >= 15 is 0 Å². The Morgan fingerprint density at radius 1 is 0.702 bits per heavy atom. The van der Waals surface area contributed by atoms with Crippen LogP contribution in [0.3, 0.4) is 0 Å². The van der Waals surface area contributed by atoms with Crippen molar-refractivity contribution in [1.29, 1.82) is 0 Å². The summed E-state index contributed by atoms with van der Waals surface area (Å²) in [6, 6.07) is 21.4. The zero-order chi connectivity index (χ0) is 32.7. The quantitative estimate of drug-likeness (QED) is 0.192. The Kier molecular flexibility index (Phi) is 14.6. The minimum absolute atomic E-state index is 0.0721. The summed E-state index contributed by atoms with van der Waals surface area (Å²) in [4.78, 5) is 5.03. The lowest BCUT2D eigenvalue weighted by Gasteiger charge is -2.26. The van der Waals surface area contributed by atoms with Gasteiger partial charge in [-0.05, 0) is 147 Å². The van der Waals surface area contributed by atoms with E-state index in [1.165, 1.54) is 81.1 Å². The Balaban J connectivity index is 0.000000216. The molecule has 0 amide bonds. The van der Waals surface area contributed by atoms with E-state index in [1.807, 2.05) is 48.5 Å². The lowest BCUT2D eigenvalue weighted by Crippen LogP contribution is -2.29. The van der Waals surface area contributed by atoms with Crippen molar-refractivity contribution in [3.8, 4) is 23.0 Å². The molecule has 2 N–H and O–H groups in total. The topological polar surface area (TPSA) is 74.6 Å². The lowest BCUT2D eigenvalue weighted by atomic mass is 9.95. The number of aliphatic hydroxyl groups excluding tert-OH is 1. The van der Waals surface area contributed by atoms with Gasteiger partial charge < -0.3 is 24.4 Å². The van der Waals surface area contributed by atoms with Crippen LogP contribution < -0.4 is 14.2 Å². The Hall–Kier alpha value is -2.79. The zero-order valence-electron chi connectivity index (χ0n) is 27.6. The van der Waals surface area contributed by atoms with E-state index in [-0.39, 0.29) is 18.5 Å². The Morgan fingerprint density at radius 3 is 1.77 bits per heavy atom. The zero-order valence-corrected chi connectivity index (χ0v) is 29.8. The van der Waals surface area contributed by atoms with E-state index in [1.54, 1.807) is 12.1 Å². The first-order valence-electron chi connectivity index (χ1n) is 17.4. The van der Waals surface area contributed by atoms with Crippen molar-refractivity contribution in [2.75, 3.05) is 59.1 Å². The molecule has 254 valence electrons. The molecule has 0 bridgehead atoms. The number of hydrogen-bond donors (Lipinski definition) is 2.